The van der Waals surface area contributed by atoms with Gasteiger partial charge in [-0.1, -0.05) is 19.1 Å². The van der Waals surface area contributed by atoms with Gasteiger partial charge in [0.1, 0.15) is 11.9 Å². The van der Waals surface area contributed by atoms with Gasteiger partial charge in [0.15, 0.2) is 0 Å². The van der Waals surface area contributed by atoms with Crippen molar-refractivity contribution in [3.8, 4) is 5.75 Å². The molecule has 0 saturated carbocycles. The van der Waals surface area contributed by atoms with Gasteiger partial charge in [0, 0.05) is 23.0 Å². The minimum absolute atomic E-state index is 0.0616. The van der Waals surface area contributed by atoms with Crippen molar-refractivity contribution in [2.24, 2.45) is 0 Å². The van der Waals surface area contributed by atoms with Crippen molar-refractivity contribution in [3.05, 3.63) is 48.5 Å². The number of benzene rings is 1. The summed E-state index contributed by atoms with van der Waals surface area (Å²) in [5.41, 5.74) is 0.930. The molecule has 5 heteroatoms. The third-order valence-electron chi connectivity index (χ3n) is 3.23. The van der Waals surface area contributed by atoms with Gasteiger partial charge in [-0.3, -0.25) is 9.97 Å². The van der Waals surface area contributed by atoms with Crippen molar-refractivity contribution in [2.45, 2.75) is 24.0 Å². The number of rotatable bonds is 4. The number of ether oxygens (including phenoxy) is 1. The van der Waals surface area contributed by atoms with Crippen LogP contribution in [0.2, 0.25) is 0 Å². The van der Waals surface area contributed by atoms with Crippen LogP contribution in [0.3, 0.4) is 0 Å². The largest absolute Gasteiger partial charge is 0.486 e. The first-order chi connectivity index (χ1) is 9.88. The third kappa shape index (κ3) is 2.78. The Bertz CT molecular complexity index is 564. The van der Waals surface area contributed by atoms with Crippen molar-refractivity contribution < 1.29 is 4.74 Å². The van der Waals surface area contributed by atoms with E-state index in [1.54, 1.807) is 12.4 Å². The van der Waals surface area contributed by atoms with E-state index in [1.807, 2.05) is 36.2 Å². The molecule has 2 unspecified atom stereocenters. The van der Waals surface area contributed by atoms with Crippen molar-refractivity contribution in [1.82, 2.24) is 15.3 Å². The summed E-state index contributed by atoms with van der Waals surface area (Å²) in [4.78, 5) is 9.78. The Labute approximate surface area is 123 Å². The summed E-state index contributed by atoms with van der Waals surface area (Å²) in [5, 5.41) is 3.46. The molecule has 3 rings (SSSR count). The molecule has 20 heavy (non-hydrogen) atoms. The highest BCUT2D eigenvalue weighted by Crippen LogP contribution is 2.37. The molecule has 0 radical (unpaired) electrons. The topological polar surface area (TPSA) is 47.0 Å². The number of hydrogen-bond donors (Lipinski definition) is 1. The number of nitrogens with one attached hydrogen (secondary N) is 1. The molecule has 1 aliphatic heterocycles. The van der Waals surface area contributed by atoms with Crippen LogP contribution in [0.1, 0.15) is 18.7 Å². The zero-order chi connectivity index (χ0) is 13.8. The smallest absolute Gasteiger partial charge is 0.133 e. The standard InChI is InChI=1S/C15H17N3OS/c1-2-17-15(11-9-16-7-8-18-11)13-10-20-14-6-4-3-5-12(14)19-13/h3-9,13,15,17H,2,10H2,1H3. The lowest BCUT2D eigenvalue weighted by Gasteiger charge is -2.31. The molecule has 2 heterocycles. The fourth-order valence-corrected chi connectivity index (χ4v) is 3.36. The maximum absolute atomic E-state index is 6.15. The lowest BCUT2D eigenvalue weighted by molar-refractivity contribution is 0.165. The molecule has 0 amide bonds. The molecule has 0 spiro atoms. The number of para-hydroxylation sites is 1. The predicted molar refractivity (Wildman–Crippen MR) is 80.0 cm³/mol. The molecule has 2 atom stereocenters. The molecule has 4 nitrogen and oxygen atoms in total. The van der Waals surface area contributed by atoms with Gasteiger partial charge in [0.2, 0.25) is 0 Å². The van der Waals surface area contributed by atoms with Crippen LogP contribution in [0, 0.1) is 0 Å². The van der Waals surface area contributed by atoms with Crippen molar-refractivity contribution in [1.29, 1.82) is 0 Å². The van der Waals surface area contributed by atoms with Gasteiger partial charge in [0.25, 0.3) is 0 Å². The fraction of sp³-hybridized carbons (Fsp3) is 0.333. The number of thioether (sulfide) groups is 1. The summed E-state index contributed by atoms with van der Waals surface area (Å²) in [5.74, 6) is 1.87. The molecule has 1 aromatic heterocycles. The number of hydrogen-bond acceptors (Lipinski definition) is 5. The minimum Gasteiger partial charge on any atom is -0.486 e. The van der Waals surface area contributed by atoms with Gasteiger partial charge in [0.05, 0.1) is 17.9 Å². The average Bonchev–Trinajstić information content (AvgIpc) is 2.53. The number of nitrogens with zero attached hydrogens (tertiary/aromatic N) is 2. The number of aromatic nitrogens is 2. The van der Waals surface area contributed by atoms with E-state index in [-0.39, 0.29) is 12.1 Å². The summed E-state index contributed by atoms with van der Waals surface area (Å²) in [6.45, 7) is 2.96. The highest BCUT2D eigenvalue weighted by Gasteiger charge is 2.29. The molecule has 1 aromatic carbocycles. The molecule has 0 aliphatic carbocycles. The van der Waals surface area contributed by atoms with E-state index in [4.69, 9.17) is 4.74 Å². The van der Waals surface area contributed by atoms with Gasteiger partial charge in [-0.25, -0.2) is 0 Å². The summed E-state index contributed by atoms with van der Waals surface area (Å²) >= 11 is 1.83. The van der Waals surface area contributed by atoms with Gasteiger partial charge in [-0.05, 0) is 18.7 Å². The quantitative estimate of drug-likeness (QED) is 0.937. The second-order valence-electron chi connectivity index (χ2n) is 4.58. The van der Waals surface area contributed by atoms with E-state index in [9.17, 15) is 0 Å². The lowest BCUT2D eigenvalue weighted by atomic mass is 10.1. The van der Waals surface area contributed by atoms with Gasteiger partial charge < -0.3 is 10.1 Å². The zero-order valence-electron chi connectivity index (χ0n) is 11.3. The van der Waals surface area contributed by atoms with Crippen LogP contribution in [0.15, 0.2) is 47.8 Å². The first-order valence-electron chi connectivity index (χ1n) is 6.76. The monoisotopic (exact) mass is 287 g/mol. The fourth-order valence-electron chi connectivity index (χ4n) is 2.32. The van der Waals surface area contributed by atoms with Gasteiger partial charge in [-0.15, -0.1) is 11.8 Å². The average molecular weight is 287 g/mol. The van der Waals surface area contributed by atoms with E-state index in [2.05, 4.69) is 28.3 Å². The predicted octanol–water partition coefficient (Wildman–Crippen LogP) is 2.68. The number of fused-ring (bicyclic) bond motifs is 1. The van der Waals surface area contributed by atoms with Crippen LogP contribution in [0.25, 0.3) is 0 Å². The van der Waals surface area contributed by atoms with Gasteiger partial charge in [-0.2, -0.15) is 0 Å². The summed E-state index contributed by atoms with van der Waals surface area (Å²) in [7, 11) is 0. The highest BCUT2D eigenvalue weighted by atomic mass is 32.2. The highest BCUT2D eigenvalue weighted by molar-refractivity contribution is 7.99. The van der Waals surface area contributed by atoms with Crippen LogP contribution in [0.4, 0.5) is 0 Å². The SMILES string of the molecule is CCNC(c1cnccn1)C1CSc2ccccc2O1. The molecular weight excluding hydrogens is 270 g/mol. The van der Waals surface area contributed by atoms with Crippen molar-refractivity contribution >= 4 is 11.8 Å². The minimum atomic E-state index is 0.0616. The molecule has 0 fully saturated rings. The second-order valence-corrected chi connectivity index (χ2v) is 5.64. The van der Waals surface area contributed by atoms with E-state index >= 15 is 0 Å². The molecule has 1 N–H and O–H groups in total. The summed E-state index contributed by atoms with van der Waals surface area (Å²) in [6, 6.07) is 8.23. The van der Waals surface area contributed by atoms with E-state index in [0.717, 1.165) is 23.7 Å². The van der Waals surface area contributed by atoms with Crippen molar-refractivity contribution in [3.63, 3.8) is 0 Å². The van der Waals surface area contributed by atoms with E-state index in [0.29, 0.717) is 0 Å². The molecule has 1 aliphatic rings. The maximum atomic E-state index is 6.15. The lowest BCUT2D eigenvalue weighted by Crippen LogP contribution is -2.39. The van der Waals surface area contributed by atoms with Crippen LogP contribution in [-0.2, 0) is 0 Å². The van der Waals surface area contributed by atoms with E-state index in [1.165, 1.54) is 4.90 Å². The van der Waals surface area contributed by atoms with Crippen LogP contribution >= 0.6 is 11.8 Å². The number of likely N-dealkylation sites (N-methyl/N-ethyl adjacent to an activating group) is 1. The van der Waals surface area contributed by atoms with Crippen LogP contribution in [0.5, 0.6) is 5.75 Å². The maximum Gasteiger partial charge on any atom is 0.133 e. The molecule has 104 valence electrons. The van der Waals surface area contributed by atoms with Gasteiger partial charge >= 0.3 is 0 Å². The Morgan fingerprint density at radius 1 is 1.40 bits per heavy atom. The third-order valence-corrected chi connectivity index (χ3v) is 4.37. The molecule has 2 aromatic rings. The Morgan fingerprint density at radius 3 is 3.10 bits per heavy atom. The Kier molecular flexibility index (Phi) is 4.18. The van der Waals surface area contributed by atoms with Crippen molar-refractivity contribution in [2.75, 3.05) is 12.3 Å². The zero-order valence-corrected chi connectivity index (χ0v) is 12.1. The Morgan fingerprint density at radius 2 is 2.30 bits per heavy atom. The summed E-state index contributed by atoms with van der Waals surface area (Å²) in [6.07, 6.45) is 5.29. The Hall–Kier alpha value is -1.59. The second kappa shape index (κ2) is 6.24. The summed E-state index contributed by atoms with van der Waals surface area (Å²) < 4.78 is 6.15. The molecule has 0 saturated heterocycles. The first kappa shape index (κ1) is 13.4. The molecular formula is C15H17N3OS. The normalized spacial score (nSPS) is 18.9. The molecule has 0 bridgehead atoms. The van der Waals surface area contributed by atoms with E-state index < -0.39 is 0 Å². The Balaban J connectivity index is 1.83. The van der Waals surface area contributed by atoms with Crippen LogP contribution in [-0.4, -0.2) is 28.4 Å². The van der Waals surface area contributed by atoms with Crippen LogP contribution < -0.4 is 10.1 Å². The first-order valence-corrected chi connectivity index (χ1v) is 7.75.